The summed E-state index contributed by atoms with van der Waals surface area (Å²) in [6.07, 6.45) is 7.41. The zero-order valence-electron chi connectivity index (χ0n) is 19.4. The van der Waals surface area contributed by atoms with Gasteiger partial charge in [0.15, 0.2) is 0 Å². The van der Waals surface area contributed by atoms with E-state index in [4.69, 9.17) is 0 Å². The number of nitrogens with zero attached hydrogens (tertiary/aromatic N) is 2. The number of carbonyl (C=O) groups excluding carboxylic acids is 2. The maximum Gasteiger partial charge on any atom is 0.234 e. The maximum atomic E-state index is 13.7. The van der Waals surface area contributed by atoms with Crippen molar-refractivity contribution in [3.05, 3.63) is 71.8 Å². The zero-order valence-corrected chi connectivity index (χ0v) is 19.4. The van der Waals surface area contributed by atoms with Gasteiger partial charge in [0.25, 0.3) is 0 Å². The van der Waals surface area contributed by atoms with E-state index in [2.05, 4.69) is 4.90 Å². The molecule has 5 aliphatic rings. The Labute approximate surface area is 197 Å². The fourth-order valence-electron chi connectivity index (χ4n) is 7.79. The average Bonchev–Trinajstić information content (AvgIpc) is 2.84. The van der Waals surface area contributed by atoms with Crippen LogP contribution in [0.5, 0.6) is 0 Å². The van der Waals surface area contributed by atoms with Crippen LogP contribution in [0.3, 0.4) is 0 Å². The standard InChI is InChI=1S/C29H34N2O2/c32-27(26(24-7-3-1-4-8-24)25-9-5-2-6-10-25)30-11-13-31(14-12-30)28(33)29-18-21-15-22(19-29)17-23(16-21)20-29/h1-10,21-23,26H,11-20H2. The first-order valence-electron chi connectivity index (χ1n) is 12.8. The molecule has 7 rings (SSSR count). The first kappa shape index (κ1) is 20.9. The van der Waals surface area contributed by atoms with Gasteiger partial charge in [0.1, 0.15) is 0 Å². The van der Waals surface area contributed by atoms with Gasteiger partial charge in [-0.05, 0) is 67.4 Å². The van der Waals surface area contributed by atoms with Crippen molar-refractivity contribution in [2.75, 3.05) is 26.2 Å². The molecule has 0 N–H and O–H groups in total. The summed E-state index contributed by atoms with van der Waals surface area (Å²) in [7, 11) is 0. The van der Waals surface area contributed by atoms with Crippen LogP contribution in [-0.2, 0) is 9.59 Å². The summed E-state index contributed by atoms with van der Waals surface area (Å²) in [5.41, 5.74) is 1.97. The first-order chi connectivity index (χ1) is 16.1. The normalized spacial score (nSPS) is 30.6. The van der Waals surface area contributed by atoms with Crippen molar-refractivity contribution in [1.29, 1.82) is 0 Å². The van der Waals surface area contributed by atoms with Crippen LogP contribution in [0.4, 0.5) is 0 Å². The van der Waals surface area contributed by atoms with Crippen LogP contribution < -0.4 is 0 Å². The molecular weight excluding hydrogens is 408 g/mol. The molecule has 1 aliphatic heterocycles. The number of amides is 2. The molecule has 1 saturated heterocycles. The summed E-state index contributed by atoms with van der Waals surface area (Å²) in [5.74, 6) is 2.59. The van der Waals surface area contributed by atoms with Gasteiger partial charge >= 0.3 is 0 Å². The van der Waals surface area contributed by atoms with E-state index < -0.39 is 0 Å². The number of rotatable bonds is 4. The van der Waals surface area contributed by atoms with Gasteiger partial charge < -0.3 is 9.80 Å². The average molecular weight is 443 g/mol. The van der Waals surface area contributed by atoms with Crippen molar-refractivity contribution in [3.8, 4) is 0 Å². The van der Waals surface area contributed by atoms with Crippen molar-refractivity contribution in [2.24, 2.45) is 23.2 Å². The van der Waals surface area contributed by atoms with Gasteiger partial charge in [-0.15, -0.1) is 0 Å². The van der Waals surface area contributed by atoms with E-state index in [1.54, 1.807) is 0 Å². The van der Waals surface area contributed by atoms with Gasteiger partial charge in [0.2, 0.25) is 11.8 Å². The molecule has 0 aromatic heterocycles. The summed E-state index contributed by atoms with van der Waals surface area (Å²) < 4.78 is 0. The summed E-state index contributed by atoms with van der Waals surface area (Å²) >= 11 is 0. The Balaban J connectivity index is 1.16. The molecule has 5 fully saturated rings. The lowest BCUT2D eigenvalue weighted by atomic mass is 9.49. The lowest BCUT2D eigenvalue weighted by Gasteiger charge is -2.57. The highest BCUT2D eigenvalue weighted by Gasteiger charge is 2.55. The van der Waals surface area contributed by atoms with E-state index in [1.807, 2.05) is 65.6 Å². The van der Waals surface area contributed by atoms with Crippen molar-refractivity contribution in [3.63, 3.8) is 0 Å². The van der Waals surface area contributed by atoms with E-state index in [0.717, 1.165) is 48.1 Å². The van der Waals surface area contributed by atoms with Crippen LogP contribution in [0.25, 0.3) is 0 Å². The van der Waals surface area contributed by atoms with Crippen LogP contribution >= 0.6 is 0 Å². The van der Waals surface area contributed by atoms with Gasteiger partial charge in [-0.2, -0.15) is 0 Å². The van der Waals surface area contributed by atoms with E-state index in [-0.39, 0.29) is 17.2 Å². The Kier molecular flexibility index (Phi) is 5.27. The van der Waals surface area contributed by atoms with Crippen LogP contribution in [0.15, 0.2) is 60.7 Å². The van der Waals surface area contributed by atoms with E-state index in [9.17, 15) is 9.59 Å². The number of hydrogen-bond donors (Lipinski definition) is 0. The molecule has 2 amide bonds. The Morgan fingerprint density at radius 3 is 1.55 bits per heavy atom. The highest BCUT2D eigenvalue weighted by atomic mass is 16.2. The second kappa shape index (κ2) is 8.30. The SMILES string of the molecule is O=C(C(c1ccccc1)c1ccccc1)N1CCN(C(=O)C23CC4CC(CC(C4)C2)C3)CC1. The Morgan fingerprint density at radius 2 is 1.09 bits per heavy atom. The largest absolute Gasteiger partial charge is 0.339 e. The second-order valence-corrected chi connectivity index (χ2v) is 11.1. The van der Waals surface area contributed by atoms with Gasteiger partial charge in [0, 0.05) is 26.2 Å². The third-order valence-corrected chi connectivity index (χ3v) is 8.88. The lowest BCUT2D eigenvalue weighted by Crippen LogP contribution is -2.59. The van der Waals surface area contributed by atoms with Crippen molar-refractivity contribution >= 4 is 11.8 Å². The highest BCUT2D eigenvalue weighted by Crippen LogP contribution is 2.60. The smallest absolute Gasteiger partial charge is 0.234 e. The molecule has 0 radical (unpaired) electrons. The second-order valence-electron chi connectivity index (χ2n) is 11.1. The minimum atomic E-state index is -0.294. The predicted molar refractivity (Wildman–Crippen MR) is 128 cm³/mol. The summed E-state index contributed by atoms with van der Waals surface area (Å²) in [5, 5.41) is 0. The van der Waals surface area contributed by atoms with Gasteiger partial charge in [-0.25, -0.2) is 0 Å². The number of piperazine rings is 1. The first-order valence-corrected chi connectivity index (χ1v) is 12.8. The van der Waals surface area contributed by atoms with E-state index in [1.165, 1.54) is 19.3 Å². The van der Waals surface area contributed by atoms with E-state index >= 15 is 0 Å². The van der Waals surface area contributed by atoms with Crippen LogP contribution in [0.2, 0.25) is 0 Å². The quantitative estimate of drug-likeness (QED) is 0.688. The minimum absolute atomic E-state index is 0.0858. The van der Waals surface area contributed by atoms with E-state index in [0.29, 0.717) is 32.1 Å². The van der Waals surface area contributed by atoms with Gasteiger partial charge in [0.05, 0.1) is 11.3 Å². The summed E-state index contributed by atoms with van der Waals surface area (Å²) in [6, 6.07) is 20.2. The number of hydrogen-bond acceptors (Lipinski definition) is 2. The molecule has 1 heterocycles. The van der Waals surface area contributed by atoms with Crippen LogP contribution in [0.1, 0.15) is 55.6 Å². The monoisotopic (exact) mass is 442 g/mol. The van der Waals surface area contributed by atoms with Crippen molar-refractivity contribution < 1.29 is 9.59 Å². The molecule has 4 aliphatic carbocycles. The molecule has 0 spiro atoms. The molecule has 2 aromatic carbocycles. The predicted octanol–water partition coefficient (Wildman–Crippen LogP) is 4.71. The molecule has 172 valence electrons. The van der Waals surface area contributed by atoms with Crippen molar-refractivity contribution in [1.82, 2.24) is 9.80 Å². The molecular formula is C29H34N2O2. The fraction of sp³-hybridized carbons (Fsp3) is 0.517. The Morgan fingerprint density at radius 1 is 0.667 bits per heavy atom. The van der Waals surface area contributed by atoms with Crippen LogP contribution in [0, 0.1) is 23.2 Å². The summed E-state index contributed by atoms with van der Waals surface area (Å²) in [4.78, 5) is 31.5. The third-order valence-electron chi connectivity index (χ3n) is 8.88. The highest BCUT2D eigenvalue weighted by molar-refractivity contribution is 5.88. The summed E-state index contributed by atoms with van der Waals surface area (Å²) in [6.45, 7) is 2.60. The van der Waals surface area contributed by atoms with Crippen LogP contribution in [-0.4, -0.2) is 47.8 Å². The molecule has 2 aromatic rings. The topological polar surface area (TPSA) is 40.6 Å². The molecule has 0 atom stereocenters. The minimum Gasteiger partial charge on any atom is -0.339 e. The molecule has 4 saturated carbocycles. The third kappa shape index (κ3) is 3.78. The molecule has 4 heteroatoms. The Bertz CT molecular complexity index is 936. The van der Waals surface area contributed by atoms with Gasteiger partial charge in [-0.3, -0.25) is 9.59 Å². The van der Waals surface area contributed by atoms with Crippen molar-refractivity contribution in [2.45, 2.75) is 44.4 Å². The fourth-order valence-corrected chi connectivity index (χ4v) is 7.79. The Hall–Kier alpha value is -2.62. The number of benzene rings is 2. The molecule has 0 unspecified atom stereocenters. The molecule has 33 heavy (non-hydrogen) atoms. The van der Waals surface area contributed by atoms with Gasteiger partial charge in [-0.1, -0.05) is 60.7 Å². The molecule has 4 nitrogen and oxygen atoms in total. The number of carbonyl (C=O) groups is 2. The molecule has 4 bridgehead atoms. The lowest BCUT2D eigenvalue weighted by molar-refractivity contribution is -0.160. The zero-order chi connectivity index (χ0) is 22.4. The maximum absolute atomic E-state index is 13.7.